The molecule has 5 heteroatoms. The molecule has 0 saturated heterocycles. The summed E-state index contributed by atoms with van der Waals surface area (Å²) < 4.78 is 0. The zero-order valence-electron chi connectivity index (χ0n) is 12.4. The zero-order valence-corrected chi connectivity index (χ0v) is 13.3. The van der Waals surface area contributed by atoms with E-state index in [1.54, 1.807) is 0 Å². The zero-order chi connectivity index (χ0) is 15.1. The van der Waals surface area contributed by atoms with E-state index in [0.717, 1.165) is 11.4 Å². The van der Waals surface area contributed by atoms with Gasteiger partial charge in [-0.2, -0.15) is 0 Å². The van der Waals surface area contributed by atoms with Crippen LogP contribution in [-0.4, -0.2) is 17.1 Å². The summed E-state index contributed by atoms with van der Waals surface area (Å²) in [6.07, 6.45) is 7.59. The molecule has 1 aromatic carbocycles. The van der Waals surface area contributed by atoms with Crippen molar-refractivity contribution >= 4 is 34.6 Å². The number of thiocarbonyl (C=S) groups is 1. The number of hydrogen-bond donors (Lipinski definition) is 3. The van der Waals surface area contributed by atoms with Crippen LogP contribution in [-0.2, 0) is 4.79 Å². The summed E-state index contributed by atoms with van der Waals surface area (Å²) in [6, 6.07) is 8.04. The average Bonchev–Trinajstić information content (AvgIpc) is 2.66. The first-order valence-corrected chi connectivity index (χ1v) is 7.99. The van der Waals surface area contributed by atoms with Crippen molar-refractivity contribution in [3.05, 3.63) is 24.3 Å². The molecule has 1 aliphatic rings. The highest BCUT2D eigenvalue weighted by atomic mass is 32.1. The first kappa shape index (κ1) is 15.8. The van der Waals surface area contributed by atoms with Crippen LogP contribution in [0.5, 0.6) is 0 Å². The molecule has 0 aliphatic heterocycles. The lowest BCUT2D eigenvalue weighted by molar-refractivity contribution is -0.114. The van der Waals surface area contributed by atoms with Gasteiger partial charge in [0.15, 0.2) is 5.11 Å². The van der Waals surface area contributed by atoms with Gasteiger partial charge in [0.1, 0.15) is 0 Å². The molecule has 0 bridgehead atoms. The van der Waals surface area contributed by atoms with Gasteiger partial charge >= 0.3 is 0 Å². The van der Waals surface area contributed by atoms with Crippen molar-refractivity contribution in [2.75, 3.05) is 10.6 Å². The molecule has 1 amide bonds. The minimum atomic E-state index is -0.0775. The molecule has 0 aromatic heterocycles. The van der Waals surface area contributed by atoms with E-state index in [2.05, 4.69) is 16.0 Å². The summed E-state index contributed by atoms with van der Waals surface area (Å²) in [7, 11) is 0. The first-order valence-electron chi connectivity index (χ1n) is 7.58. The second-order valence-electron chi connectivity index (χ2n) is 5.55. The van der Waals surface area contributed by atoms with Gasteiger partial charge in [0, 0.05) is 24.3 Å². The highest BCUT2D eigenvalue weighted by Gasteiger charge is 2.12. The summed E-state index contributed by atoms with van der Waals surface area (Å²) >= 11 is 5.38. The number of rotatable bonds is 3. The van der Waals surface area contributed by atoms with Gasteiger partial charge in [-0.1, -0.05) is 31.7 Å². The highest BCUT2D eigenvalue weighted by molar-refractivity contribution is 7.80. The average molecular weight is 305 g/mol. The van der Waals surface area contributed by atoms with Crippen molar-refractivity contribution in [1.82, 2.24) is 5.32 Å². The van der Waals surface area contributed by atoms with Crippen molar-refractivity contribution < 1.29 is 4.79 Å². The van der Waals surface area contributed by atoms with Crippen LogP contribution < -0.4 is 16.0 Å². The van der Waals surface area contributed by atoms with Gasteiger partial charge in [0.2, 0.25) is 5.91 Å². The Morgan fingerprint density at radius 3 is 2.33 bits per heavy atom. The fourth-order valence-electron chi connectivity index (χ4n) is 2.65. The predicted octanol–water partition coefficient (Wildman–Crippen LogP) is 3.65. The predicted molar refractivity (Wildman–Crippen MR) is 91.6 cm³/mol. The lowest BCUT2D eigenvalue weighted by Gasteiger charge is -2.19. The molecule has 1 fully saturated rings. The largest absolute Gasteiger partial charge is 0.360 e. The van der Waals surface area contributed by atoms with Crippen LogP contribution in [0.1, 0.15) is 45.4 Å². The molecule has 1 saturated carbocycles. The van der Waals surface area contributed by atoms with Crippen LogP contribution in [0.3, 0.4) is 0 Å². The lowest BCUT2D eigenvalue weighted by atomic mass is 10.1. The number of carbonyl (C=O) groups is 1. The maximum absolute atomic E-state index is 11.1. The molecule has 0 unspecified atom stereocenters. The van der Waals surface area contributed by atoms with Crippen molar-refractivity contribution in [3.8, 4) is 0 Å². The molecule has 4 nitrogen and oxygen atoms in total. The van der Waals surface area contributed by atoms with Crippen molar-refractivity contribution in [2.45, 2.75) is 51.5 Å². The summed E-state index contributed by atoms with van der Waals surface area (Å²) in [6.45, 7) is 1.50. The second-order valence-corrected chi connectivity index (χ2v) is 5.96. The van der Waals surface area contributed by atoms with Crippen LogP contribution in [0.2, 0.25) is 0 Å². The fourth-order valence-corrected chi connectivity index (χ4v) is 2.94. The number of benzene rings is 1. The third-order valence-electron chi connectivity index (χ3n) is 3.63. The van der Waals surface area contributed by atoms with Crippen LogP contribution in [0.25, 0.3) is 0 Å². The van der Waals surface area contributed by atoms with Gasteiger partial charge in [-0.25, -0.2) is 0 Å². The van der Waals surface area contributed by atoms with Gasteiger partial charge in [-0.15, -0.1) is 0 Å². The van der Waals surface area contributed by atoms with Crippen LogP contribution in [0.15, 0.2) is 24.3 Å². The quantitative estimate of drug-likeness (QED) is 0.589. The summed E-state index contributed by atoms with van der Waals surface area (Å²) in [5, 5.41) is 10.0. The Hall–Kier alpha value is -1.62. The SMILES string of the molecule is CC(=O)Nc1cccc(NC(=S)NC2CCCCCC2)c1. The summed E-state index contributed by atoms with van der Waals surface area (Å²) in [5.41, 5.74) is 1.65. The number of nitrogens with one attached hydrogen (secondary N) is 3. The van der Waals surface area contributed by atoms with E-state index in [9.17, 15) is 4.79 Å². The minimum Gasteiger partial charge on any atom is -0.360 e. The molecule has 0 radical (unpaired) electrons. The standard InChI is InChI=1S/C16H23N3OS/c1-12(20)17-14-9-6-10-15(11-14)19-16(21)18-13-7-4-2-3-5-8-13/h6,9-11,13H,2-5,7-8H2,1H3,(H,17,20)(H2,18,19,21). The van der Waals surface area contributed by atoms with Crippen LogP contribution in [0, 0.1) is 0 Å². The van der Waals surface area contributed by atoms with Gasteiger partial charge in [-0.3, -0.25) is 4.79 Å². The number of amides is 1. The number of anilines is 2. The maximum atomic E-state index is 11.1. The van der Waals surface area contributed by atoms with Gasteiger partial charge in [-0.05, 0) is 43.3 Å². The smallest absolute Gasteiger partial charge is 0.221 e. The van der Waals surface area contributed by atoms with Crippen molar-refractivity contribution in [3.63, 3.8) is 0 Å². The first-order chi connectivity index (χ1) is 10.1. The Bertz CT molecular complexity index is 496. The lowest BCUT2D eigenvalue weighted by Crippen LogP contribution is -2.37. The van der Waals surface area contributed by atoms with E-state index < -0.39 is 0 Å². The fraction of sp³-hybridized carbons (Fsp3) is 0.500. The van der Waals surface area contributed by atoms with E-state index in [-0.39, 0.29) is 5.91 Å². The van der Waals surface area contributed by atoms with Crippen LogP contribution in [0.4, 0.5) is 11.4 Å². The summed E-state index contributed by atoms with van der Waals surface area (Å²) in [5.74, 6) is -0.0775. The van der Waals surface area contributed by atoms with E-state index >= 15 is 0 Å². The second kappa shape index (κ2) is 7.98. The molecule has 114 valence electrons. The van der Waals surface area contributed by atoms with E-state index in [1.807, 2.05) is 24.3 Å². The third-order valence-corrected chi connectivity index (χ3v) is 3.85. The van der Waals surface area contributed by atoms with Gasteiger partial charge < -0.3 is 16.0 Å². The Morgan fingerprint density at radius 1 is 1.10 bits per heavy atom. The minimum absolute atomic E-state index is 0.0775. The summed E-state index contributed by atoms with van der Waals surface area (Å²) in [4.78, 5) is 11.1. The molecule has 1 aliphatic carbocycles. The third kappa shape index (κ3) is 5.71. The number of hydrogen-bond acceptors (Lipinski definition) is 2. The molecule has 2 rings (SSSR count). The maximum Gasteiger partial charge on any atom is 0.221 e. The van der Waals surface area contributed by atoms with Gasteiger partial charge in [0.05, 0.1) is 0 Å². The van der Waals surface area contributed by atoms with E-state index in [0.29, 0.717) is 11.2 Å². The Balaban J connectivity index is 1.88. The van der Waals surface area contributed by atoms with E-state index in [4.69, 9.17) is 12.2 Å². The van der Waals surface area contributed by atoms with Crippen LogP contribution >= 0.6 is 12.2 Å². The Labute approximate surface area is 131 Å². The molecule has 1 aromatic rings. The molecular weight excluding hydrogens is 282 g/mol. The molecule has 3 N–H and O–H groups in total. The monoisotopic (exact) mass is 305 g/mol. The Kier molecular flexibility index (Phi) is 5.99. The molecule has 0 heterocycles. The topological polar surface area (TPSA) is 53.2 Å². The molecule has 0 spiro atoms. The van der Waals surface area contributed by atoms with Crippen molar-refractivity contribution in [1.29, 1.82) is 0 Å². The Morgan fingerprint density at radius 2 is 1.71 bits per heavy atom. The normalized spacial score (nSPS) is 15.9. The van der Waals surface area contributed by atoms with E-state index in [1.165, 1.54) is 45.4 Å². The highest BCUT2D eigenvalue weighted by Crippen LogP contribution is 2.18. The van der Waals surface area contributed by atoms with Gasteiger partial charge in [0.25, 0.3) is 0 Å². The number of carbonyl (C=O) groups excluding carboxylic acids is 1. The van der Waals surface area contributed by atoms with Crippen molar-refractivity contribution in [2.24, 2.45) is 0 Å². The molecule has 21 heavy (non-hydrogen) atoms. The molecule has 0 atom stereocenters. The molecular formula is C16H23N3OS.